The van der Waals surface area contributed by atoms with Gasteiger partial charge in [0.2, 0.25) is 12.0 Å². The van der Waals surface area contributed by atoms with Crippen LogP contribution >= 0.6 is 0 Å². The lowest BCUT2D eigenvalue weighted by Crippen LogP contribution is -2.59. The van der Waals surface area contributed by atoms with Gasteiger partial charge in [-0.15, -0.1) is 0 Å². The van der Waals surface area contributed by atoms with Crippen LogP contribution in [0.3, 0.4) is 0 Å². The van der Waals surface area contributed by atoms with E-state index in [9.17, 15) is 35.4 Å². The van der Waals surface area contributed by atoms with Gasteiger partial charge in [0.15, 0.2) is 11.9 Å². The van der Waals surface area contributed by atoms with Crippen LogP contribution in [0.5, 0.6) is 0 Å². The molecule has 2 aliphatic heterocycles. The first-order valence-corrected chi connectivity index (χ1v) is 12.4. The van der Waals surface area contributed by atoms with Gasteiger partial charge >= 0.3 is 5.97 Å². The van der Waals surface area contributed by atoms with E-state index in [-0.39, 0.29) is 5.76 Å². The summed E-state index contributed by atoms with van der Waals surface area (Å²) in [5, 5.41) is 58.7. The molecule has 0 amide bonds. The molecule has 35 heavy (non-hydrogen) atoms. The lowest BCUT2D eigenvalue weighted by atomic mass is 9.99. The number of aliphatic hydroxyl groups is 6. The third kappa shape index (κ3) is 8.42. The summed E-state index contributed by atoms with van der Waals surface area (Å²) in [7, 11) is 0. The predicted octanol–water partition coefficient (Wildman–Crippen LogP) is 0.354. The standard InChI is InChI=1S/C24H40O11/c1-2-3-4-5-6-7-8-9-10-11-12-32-21-20(15(27)13-25)34-23(31)22(21)35-24-19(30)18(29)17(28)16(14-26)33-24/h11-12,15-20,24-30H,2-10,13-14H2,1H3/t15-,16+,17+,18-,19+,20+,24?/m0/s1. The molecule has 0 radical (unpaired) electrons. The van der Waals surface area contributed by atoms with Gasteiger partial charge in [0.25, 0.3) is 0 Å². The molecule has 2 heterocycles. The van der Waals surface area contributed by atoms with E-state index in [1.54, 1.807) is 6.08 Å². The molecule has 0 bridgehead atoms. The van der Waals surface area contributed by atoms with E-state index in [2.05, 4.69) is 6.92 Å². The zero-order chi connectivity index (χ0) is 25.8. The Balaban J connectivity index is 1.98. The zero-order valence-corrected chi connectivity index (χ0v) is 20.2. The van der Waals surface area contributed by atoms with Crippen LogP contribution in [-0.4, -0.2) is 92.7 Å². The molecule has 1 fully saturated rings. The van der Waals surface area contributed by atoms with E-state index in [1.807, 2.05) is 0 Å². The van der Waals surface area contributed by atoms with Crippen molar-refractivity contribution in [3.63, 3.8) is 0 Å². The van der Waals surface area contributed by atoms with E-state index >= 15 is 0 Å². The third-order valence-corrected chi connectivity index (χ3v) is 6.04. The summed E-state index contributed by atoms with van der Waals surface area (Å²) in [5.74, 6) is -1.80. The molecule has 0 saturated carbocycles. The largest absolute Gasteiger partial charge is 0.461 e. The average molecular weight is 505 g/mol. The fourth-order valence-electron chi connectivity index (χ4n) is 3.89. The number of allylic oxidation sites excluding steroid dienone is 1. The second-order valence-electron chi connectivity index (χ2n) is 8.84. The maximum atomic E-state index is 12.4. The van der Waals surface area contributed by atoms with Gasteiger partial charge in [0.05, 0.1) is 19.5 Å². The van der Waals surface area contributed by atoms with Crippen molar-refractivity contribution in [2.24, 2.45) is 0 Å². The molecule has 2 aliphatic rings. The fraction of sp³-hybridized carbons (Fsp3) is 0.792. The smallest absolute Gasteiger partial charge is 0.378 e. The van der Waals surface area contributed by atoms with Crippen molar-refractivity contribution in [3.8, 4) is 0 Å². The quantitative estimate of drug-likeness (QED) is 0.0972. The van der Waals surface area contributed by atoms with Gasteiger partial charge in [0, 0.05) is 0 Å². The van der Waals surface area contributed by atoms with Gasteiger partial charge < -0.3 is 49.6 Å². The summed E-state index contributed by atoms with van der Waals surface area (Å²) < 4.78 is 21.3. The minimum absolute atomic E-state index is 0.235. The van der Waals surface area contributed by atoms with Crippen LogP contribution in [0.2, 0.25) is 0 Å². The predicted molar refractivity (Wildman–Crippen MR) is 122 cm³/mol. The number of cyclic esters (lactones) is 1. The van der Waals surface area contributed by atoms with Gasteiger partial charge in [-0.05, 0) is 18.9 Å². The van der Waals surface area contributed by atoms with Crippen molar-refractivity contribution < 1.29 is 54.4 Å². The van der Waals surface area contributed by atoms with Gasteiger partial charge in [-0.2, -0.15) is 0 Å². The van der Waals surface area contributed by atoms with E-state index in [0.29, 0.717) is 0 Å². The molecule has 0 spiro atoms. The second-order valence-corrected chi connectivity index (χ2v) is 8.84. The van der Waals surface area contributed by atoms with E-state index < -0.39 is 67.9 Å². The topological polar surface area (TPSA) is 175 Å². The Kier molecular flexibility index (Phi) is 13.0. The minimum Gasteiger partial charge on any atom is -0.461 e. The molecule has 7 atom stereocenters. The number of hydrogen-bond acceptors (Lipinski definition) is 11. The number of esters is 1. The molecule has 1 saturated heterocycles. The summed E-state index contributed by atoms with van der Waals surface area (Å²) in [5.41, 5.74) is 0. The molecule has 1 unspecified atom stereocenters. The van der Waals surface area contributed by atoms with Crippen LogP contribution in [-0.2, 0) is 23.7 Å². The van der Waals surface area contributed by atoms with Crippen molar-refractivity contribution in [2.45, 2.75) is 108 Å². The first-order chi connectivity index (χ1) is 16.8. The summed E-state index contributed by atoms with van der Waals surface area (Å²) in [4.78, 5) is 12.4. The lowest BCUT2D eigenvalue weighted by molar-refractivity contribution is -0.291. The Bertz CT molecular complexity index is 693. The SMILES string of the molecule is CCCCCCCCCCC=COC1=C(OC2O[C@H](CO)[C@@H](O)[C@H](O)[C@H]2O)C(=O)O[C@@H]1[C@@H](O)CO. The van der Waals surface area contributed by atoms with Crippen molar-refractivity contribution in [1.82, 2.24) is 0 Å². The number of unbranched alkanes of at least 4 members (excludes halogenated alkanes) is 8. The van der Waals surface area contributed by atoms with E-state index in [4.69, 9.17) is 18.9 Å². The number of carbonyl (C=O) groups is 1. The first-order valence-electron chi connectivity index (χ1n) is 12.4. The second kappa shape index (κ2) is 15.4. The maximum Gasteiger partial charge on any atom is 0.378 e. The van der Waals surface area contributed by atoms with Crippen molar-refractivity contribution in [1.29, 1.82) is 0 Å². The molecule has 11 nitrogen and oxygen atoms in total. The maximum absolute atomic E-state index is 12.4. The van der Waals surface area contributed by atoms with Gasteiger partial charge in [-0.3, -0.25) is 0 Å². The van der Waals surface area contributed by atoms with Crippen LogP contribution in [0.25, 0.3) is 0 Å². The molecule has 0 aromatic rings. The van der Waals surface area contributed by atoms with Crippen molar-refractivity contribution >= 4 is 5.97 Å². The summed E-state index contributed by atoms with van der Waals surface area (Å²) in [6, 6.07) is 0. The Morgan fingerprint density at radius 1 is 0.971 bits per heavy atom. The number of hydrogen-bond donors (Lipinski definition) is 6. The average Bonchev–Trinajstić information content (AvgIpc) is 3.17. The highest BCUT2D eigenvalue weighted by atomic mass is 16.7. The fourth-order valence-corrected chi connectivity index (χ4v) is 3.89. The molecule has 0 aromatic carbocycles. The van der Waals surface area contributed by atoms with E-state index in [1.165, 1.54) is 38.4 Å². The molecule has 6 N–H and O–H groups in total. The Morgan fingerprint density at radius 2 is 1.63 bits per heavy atom. The first kappa shape index (κ1) is 29.5. The van der Waals surface area contributed by atoms with Crippen molar-refractivity contribution in [2.75, 3.05) is 13.2 Å². The number of carbonyl (C=O) groups excluding carboxylic acids is 1. The molecule has 0 aromatic heterocycles. The lowest BCUT2D eigenvalue weighted by Gasteiger charge is -2.39. The van der Waals surface area contributed by atoms with Crippen LogP contribution in [0.4, 0.5) is 0 Å². The van der Waals surface area contributed by atoms with Gasteiger partial charge in [0.1, 0.15) is 30.5 Å². The van der Waals surface area contributed by atoms with Crippen LogP contribution in [0, 0.1) is 0 Å². The van der Waals surface area contributed by atoms with Crippen LogP contribution in [0.1, 0.15) is 64.7 Å². The molecule has 2 rings (SSSR count). The van der Waals surface area contributed by atoms with E-state index in [0.717, 1.165) is 25.7 Å². The number of rotatable bonds is 16. The van der Waals surface area contributed by atoms with Crippen molar-refractivity contribution in [3.05, 3.63) is 23.9 Å². The monoisotopic (exact) mass is 504 g/mol. The Morgan fingerprint density at radius 3 is 2.26 bits per heavy atom. The molecule has 0 aliphatic carbocycles. The summed E-state index contributed by atoms with van der Waals surface area (Å²) in [6.07, 6.45) is 2.44. The number of aliphatic hydroxyl groups excluding tert-OH is 6. The minimum atomic E-state index is -1.76. The summed E-state index contributed by atoms with van der Waals surface area (Å²) in [6.45, 7) is 0.792. The third-order valence-electron chi connectivity index (χ3n) is 6.04. The molecule has 202 valence electrons. The normalized spacial score (nSPS) is 30.1. The molecular weight excluding hydrogens is 464 g/mol. The highest BCUT2D eigenvalue weighted by Gasteiger charge is 2.48. The Hall–Kier alpha value is -1.73. The molecule has 11 heteroatoms. The Labute approximate surface area is 205 Å². The summed E-state index contributed by atoms with van der Waals surface area (Å²) >= 11 is 0. The van der Waals surface area contributed by atoms with Crippen LogP contribution in [0.15, 0.2) is 23.9 Å². The highest BCUT2D eigenvalue weighted by Crippen LogP contribution is 2.31. The van der Waals surface area contributed by atoms with Gasteiger partial charge in [-0.25, -0.2) is 4.79 Å². The molecular formula is C24H40O11. The zero-order valence-electron chi connectivity index (χ0n) is 20.2. The van der Waals surface area contributed by atoms with Crippen LogP contribution < -0.4 is 0 Å². The van der Waals surface area contributed by atoms with Gasteiger partial charge in [-0.1, -0.05) is 51.9 Å². The number of ether oxygens (including phenoxy) is 4. The highest BCUT2D eigenvalue weighted by molar-refractivity contribution is 5.89.